The molecule has 0 amide bonds. The molecule has 1 heterocycles. The summed E-state index contributed by atoms with van der Waals surface area (Å²) in [5.74, 6) is -0.408. The molecule has 1 aromatic heterocycles. The molecule has 0 radical (unpaired) electrons. The topological polar surface area (TPSA) is 53.1 Å². The van der Waals surface area contributed by atoms with Crippen LogP contribution < -0.4 is 0 Å². The predicted octanol–water partition coefficient (Wildman–Crippen LogP) is 3.38. The number of aromatic carboxylic acids is 1. The maximum absolute atomic E-state index is 10.8. The lowest BCUT2D eigenvalue weighted by Gasteiger charge is -2.08. The number of fused-ring (bicyclic) bond motifs is 1. The summed E-state index contributed by atoms with van der Waals surface area (Å²) in [6.45, 7) is 4.32. The molecule has 0 saturated carbocycles. The van der Waals surface area contributed by atoms with Crippen molar-refractivity contribution in [1.82, 2.24) is 4.98 Å². The standard InChI is InChI=1S/C13H15NO2/c1-3-8(2)9-4-5-11-10(6-9)7-12(14-11)13(15)16/h4-8,14H,3H2,1-2H3,(H,15,16)/t8-/m0/s1. The highest BCUT2D eigenvalue weighted by molar-refractivity contribution is 5.93. The normalized spacial score (nSPS) is 12.9. The van der Waals surface area contributed by atoms with Gasteiger partial charge in [0, 0.05) is 10.9 Å². The van der Waals surface area contributed by atoms with Crippen LogP contribution in [-0.2, 0) is 0 Å². The number of hydrogen-bond donors (Lipinski definition) is 2. The van der Waals surface area contributed by atoms with E-state index >= 15 is 0 Å². The Morgan fingerprint density at radius 3 is 2.81 bits per heavy atom. The first kappa shape index (κ1) is 10.7. The number of hydrogen-bond acceptors (Lipinski definition) is 1. The Hall–Kier alpha value is -1.77. The first-order valence-electron chi connectivity index (χ1n) is 5.47. The summed E-state index contributed by atoms with van der Waals surface area (Å²) >= 11 is 0. The Labute approximate surface area is 94.1 Å². The minimum Gasteiger partial charge on any atom is -0.477 e. The third-order valence-electron chi connectivity index (χ3n) is 3.06. The van der Waals surface area contributed by atoms with Crippen LogP contribution in [0.1, 0.15) is 42.2 Å². The van der Waals surface area contributed by atoms with Gasteiger partial charge in [0.1, 0.15) is 5.69 Å². The van der Waals surface area contributed by atoms with Gasteiger partial charge in [0.2, 0.25) is 0 Å². The van der Waals surface area contributed by atoms with E-state index < -0.39 is 5.97 Å². The second kappa shape index (κ2) is 4.00. The summed E-state index contributed by atoms with van der Waals surface area (Å²) < 4.78 is 0. The Balaban J connectivity index is 2.49. The van der Waals surface area contributed by atoms with E-state index in [4.69, 9.17) is 5.11 Å². The van der Waals surface area contributed by atoms with Crippen molar-refractivity contribution in [2.24, 2.45) is 0 Å². The number of rotatable bonds is 3. The summed E-state index contributed by atoms with van der Waals surface area (Å²) in [4.78, 5) is 13.7. The number of aromatic nitrogens is 1. The molecule has 2 rings (SSSR count). The molecule has 0 bridgehead atoms. The summed E-state index contributed by atoms with van der Waals surface area (Å²) in [6, 6.07) is 7.75. The predicted molar refractivity (Wildman–Crippen MR) is 64.0 cm³/mol. The molecular formula is C13H15NO2. The van der Waals surface area contributed by atoms with Gasteiger partial charge in [-0.3, -0.25) is 0 Å². The third kappa shape index (κ3) is 1.81. The average Bonchev–Trinajstić information content (AvgIpc) is 2.70. The van der Waals surface area contributed by atoms with Gasteiger partial charge in [-0.25, -0.2) is 4.79 Å². The maximum Gasteiger partial charge on any atom is 0.352 e. The molecule has 1 aromatic carbocycles. The van der Waals surface area contributed by atoms with Gasteiger partial charge in [-0.15, -0.1) is 0 Å². The molecule has 2 N–H and O–H groups in total. The zero-order chi connectivity index (χ0) is 11.7. The van der Waals surface area contributed by atoms with Gasteiger partial charge in [0.25, 0.3) is 0 Å². The van der Waals surface area contributed by atoms with Crippen LogP contribution >= 0.6 is 0 Å². The second-order valence-electron chi connectivity index (χ2n) is 4.14. The van der Waals surface area contributed by atoms with E-state index in [9.17, 15) is 4.79 Å². The van der Waals surface area contributed by atoms with Gasteiger partial charge in [-0.1, -0.05) is 19.9 Å². The van der Waals surface area contributed by atoms with Gasteiger partial charge in [0.05, 0.1) is 0 Å². The van der Waals surface area contributed by atoms with Crippen LogP contribution in [-0.4, -0.2) is 16.1 Å². The van der Waals surface area contributed by atoms with Gasteiger partial charge < -0.3 is 10.1 Å². The highest BCUT2D eigenvalue weighted by Crippen LogP contribution is 2.24. The van der Waals surface area contributed by atoms with Crippen molar-refractivity contribution in [1.29, 1.82) is 0 Å². The number of carbonyl (C=O) groups is 1. The van der Waals surface area contributed by atoms with E-state index in [2.05, 4.69) is 31.0 Å². The molecule has 3 nitrogen and oxygen atoms in total. The SMILES string of the molecule is CC[C@H](C)c1ccc2[nH]c(C(=O)O)cc2c1. The minimum absolute atomic E-state index is 0.247. The lowest BCUT2D eigenvalue weighted by molar-refractivity contribution is 0.0691. The fraction of sp³-hybridized carbons (Fsp3) is 0.308. The van der Waals surface area contributed by atoms with Gasteiger partial charge in [-0.05, 0) is 36.1 Å². The van der Waals surface area contributed by atoms with Crippen molar-refractivity contribution in [3.8, 4) is 0 Å². The third-order valence-corrected chi connectivity index (χ3v) is 3.06. The van der Waals surface area contributed by atoms with Gasteiger partial charge in [-0.2, -0.15) is 0 Å². The minimum atomic E-state index is -0.915. The van der Waals surface area contributed by atoms with Crippen LogP contribution in [0.4, 0.5) is 0 Å². The summed E-state index contributed by atoms with van der Waals surface area (Å²) in [5, 5.41) is 9.85. The monoisotopic (exact) mass is 217 g/mol. The molecule has 0 fully saturated rings. The quantitative estimate of drug-likeness (QED) is 0.828. The number of nitrogens with one attached hydrogen (secondary N) is 1. The number of aromatic amines is 1. The Morgan fingerprint density at radius 2 is 2.19 bits per heavy atom. The highest BCUT2D eigenvalue weighted by atomic mass is 16.4. The van der Waals surface area contributed by atoms with Crippen LogP contribution in [0, 0.1) is 0 Å². The summed E-state index contributed by atoms with van der Waals surface area (Å²) in [7, 11) is 0. The molecule has 0 unspecified atom stereocenters. The lowest BCUT2D eigenvalue weighted by atomic mass is 9.98. The molecule has 0 aliphatic carbocycles. The fourth-order valence-electron chi connectivity index (χ4n) is 1.81. The second-order valence-corrected chi connectivity index (χ2v) is 4.14. The van der Waals surface area contributed by atoms with Crippen LogP contribution in [0.15, 0.2) is 24.3 Å². The van der Waals surface area contributed by atoms with Crippen LogP contribution in [0.25, 0.3) is 10.9 Å². The van der Waals surface area contributed by atoms with Crippen molar-refractivity contribution >= 4 is 16.9 Å². The number of carboxylic acids is 1. The van der Waals surface area contributed by atoms with Gasteiger partial charge >= 0.3 is 5.97 Å². The molecule has 1 atom stereocenters. The molecule has 0 aliphatic heterocycles. The van der Waals surface area contributed by atoms with E-state index in [-0.39, 0.29) is 5.69 Å². The Kier molecular flexibility index (Phi) is 2.69. The maximum atomic E-state index is 10.8. The first-order valence-corrected chi connectivity index (χ1v) is 5.47. The molecule has 0 aliphatic rings. The number of carboxylic acid groups (broad SMARTS) is 1. The van der Waals surface area contributed by atoms with E-state index in [1.807, 2.05) is 6.07 Å². The van der Waals surface area contributed by atoms with Crippen molar-refractivity contribution in [2.75, 3.05) is 0 Å². The van der Waals surface area contributed by atoms with Crippen LogP contribution in [0.2, 0.25) is 0 Å². The Morgan fingerprint density at radius 1 is 1.44 bits per heavy atom. The van der Waals surface area contributed by atoms with E-state index in [0.717, 1.165) is 17.3 Å². The number of H-pyrrole nitrogens is 1. The van der Waals surface area contributed by atoms with Crippen LogP contribution in [0.3, 0.4) is 0 Å². The summed E-state index contributed by atoms with van der Waals surface area (Å²) in [6.07, 6.45) is 1.09. The van der Waals surface area contributed by atoms with Crippen LogP contribution in [0.5, 0.6) is 0 Å². The molecule has 0 spiro atoms. The largest absolute Gasteiger partial charge is 0.477 e. The molecule has 0 saturated heterocycles. The zero-order valence-electron chi connectivity index (χ0n) is 9.45. The zero-order valence-corrected chi connectivity index (χ0v) is 9.45. The summed E-state index contributed by atoms with van der Waals surface area (Å²) in [5.41, 5.74) is 2.38. The van der Waals surface area contributed by atoms with E-state index in [1.165, 1.54) is 5.56 Å². The fourth-order valence-corrected chi connectivity index (χ4v) is 1.81. The van der Waals surface area contributed by atoms with E-state index in [1.54, 1.807) is 6.07 Å². The van der Waals surface area contributed by atoms with Crippen molar-refractivity contribution in [3.05, 3.63) is 35.5 Å². The molecule has 16 heavy (non-hydrogen) atoms. The van der Waals surface area contributed by atoms with Gasteiger partial charge in [0.15, 0.2) is 0 Å². The van der Waals surface area contributed by atoms with Crippen molar-refractivity contribution < 1.29 is 9.90 Å². The number of benzene rings is 1. The highest BCUT2D eigenvalue weighted by Gasteiger charge is 2.09. The molecule has 2 aromatic rings. The molecule has 3 heteroatoms. The van der Waals surface area contributed by atoms with E-state index in [0.29, 0.717) is 5.92 Å². The lowest BCUT2D eigenvalue weighted by Crippen LogP contribution is -1.94. The molecule has 84 valence electrons. The van der Waals surface area contributed by atoms with Crippen molar-refractivity contribution in [2.45, 2.75) is 26.2 Å². The first-order chi connectivity index (χ1) is 7.61. The smallest absolute Gasteiger partial charge is 0.352 e. The average molecular weight is 217 g/mol. The Bertz CT molecular complexity index is 528. The van der Waals surface area contributed by atoms with Crippen molar-refractivity contribution in [3.63, 3.8) is 0 Å². The molecular weight excluding hydrogens is 202 g/mol.